The number of carbonyl (C=O) groups excluding carboxylic acids is 2. The summed E-state index contributed by atoms with van der Waals surface area (Å²) < 4.78 is 56.1. The second-order valence-corrected chi connectivity index (χ2v) is 12.9. The largest absolute Gasteiger partial charge is 0.498 e. The van der Waals surface area contributed by atoms with Crippen molar-refractivity contribution in [3.05, 3.63) is 0 Å². The van der Waals surface area contributed by atoms with Crippen LogP contribution < -0.4 is 0 Å². The van der Waals surface area contributed by atoms with Crippen LogP contribution in [0.3, 0.4) is 0 Å². The number of rotatable bonds is 19. The van der Waals surface area contributed by atoms with E-state index in [4.69, 9.17) is 40.8 Å². The van der Waals surface area contributed by atoms with Crippen molar-refractivity contribution >= 4 is 29.5 Å². The Balaban J connectivity index is 0. The second kappa shape index (κ2) is 20.1. The maximum atomic E-state index is 11.3. The summed E-state index contributed by atoms with van der Waals surface area (Å²) in [6, 6.07) is 0. The number of methoxy groups -OCH3 is 2. The van der Waals surface area contributed by atoms with Gasteiger partial charge in [0.05, 0.1) is 53.9 Å². The van der Waals surface area contributed by atoms with Crippen LogP contribution in [0, 0.1) is 0 Å². The summed E-state index contributed by atoms with van der Waals surface area (Å²) >= 11 is 0. The lowest BCUT2D eigenvalue weighted by Gasteiger charge is -2.31. The Kier molecular flexibility index (Phi) is 20.8. The maximum absolute atomic E-state index is 11.3. The molecule has 0 aliphatic heterocycles. The van der Waals surface area contributed by atoms with Gasteiger partial charge in [0.15, 0.2) is 5.60 Å². The van der Waals surface area contributed by atoms with Gasteiger partial charge in [-0.1, -0.05) is 0 Å². The van der Waals surface area contributed by atoms with Gasteiger partial charge in [-0.25, -0.2) is 9.59 Å². The zero-order chi connectivity index (χ0) is 27.4. The molecule has 0 bridgehead atoms. The molecular weight excluding hydrogens is 504 g/mol. The highest BCUT2D eigenvalue weighted by Gasteiger charge is 2.43. The average molecular weight is 549 g/mol. The molecule has 0 heterocycles. The minimum Gasteiger partial charge on any atom is -0.467 e. The Labute approximate surface area is 211 Å². The summed E-state index contributed by atoms with van der Waals surface area (Å²) in [6.45, 7) is 9.17. The summed E-state index contributed by atoms with van der Waals surface area (Å²) in [6.07, 6.45) is 0. The minimum absolute atomic E-state index is 0.0602. The molecule has 0 amide bonds. The molecule has 0 aliphatic rings. The average Bonchev–Trinajstić information content (AvgIpc) is 2.86. The van der Waals surface area contributed by atoms with Crippen LogP contribution in [0.4, 0.5) is 0 Å². The molecule has 0 saturated heterocycles. The summed E-state index contributed by atoms with van der Waals surface area (Å²) in [5.41, 5.74) is -1.05. The van der Waals surface area contributed by atoms with Gasteiger partial charge in [-0.15, -0.1) is 0 Å². The third kappa shape index (κ3) is 18.0. The van der Waals surface area contributed by atoms with Gasteiger partial charge in [0.2, 0.25) is 0 Å². The first kappa shape index (κ1) is 36.2. The quantitative estimate of drug-likeness (QED) is 0.129. The van der Waals surface area contributed by atoms with Crippen molar-refractivity contribution in [2.24, 2.45) is 0 Å². The van der Waals surface area contributed by atoms with Crippen molar-refractivity contribution in [1.29, 1.82) is 0 Å². The lowest BCUT2D eigenvalue weighted by atomic mass is 10.1. The lowest BCUT2D eigenvalue weighted by molar-refractivity contribution is -0.159. The van der Waals surface area contributed by atoms with Crippen LogP contribution in [0.25, 0.3) is 0 Å². The number of carbonyl (C=O) groups is 2. The zero-order valence-corrected chi connectivity index (χ0v) is 24.8. The van der Waals surface area contributed by atoms with E-state index in [1.807, 2.05) is 6.55 Å². The molecule has 0 rings (SSSR count). The predicted octanol–water partition coefficient (Wildman–Crippen LogP) is 0.903. The first-order valence-corrected chi connectivity index (χ1v) is 15.3. The number of hydrogen-bond donors (Lipinski definition) is 0. The van der Waals surface area contributed by atoms with Crippen LogP contribution in [0.2, 0.25) is 13.1 Å². The van der Waals surface area contributed by atoms with Gasteiger partial charge in [-0.2, -0.15) is 0 Å². The molecule has 0 aromatic rings. The smallest absolute Gasteiger partial charge is 0.467 e. The van der Waals surface area contributed by atoms with Gasteiger partial charge in [0.25, 0.3) is 0 Å². The molecule has 35 heavy (non-hydrogen) atoms. The highest BCUT2D eigenvalue weighted by atomic mass is 28.4. The molecule has 0 saturated carbocycles. The number of ether oxygens (including phenoxy) is 5. The van der Waals surface area contributed by atoms with Gasteiger partial charge in [-0.05, 0) is 13.8 Å². The van der Waals surface area contributed by atoms with Crippen LogP contribution in [-0.2, 0) is 59.8 Å². The number of hydrogen-bond acceptors (Lipinski definition) is 13. The van der Waals surface area contributed by atoms with E-state index in [1.165, 1.54) is 28.4 Å². The molecule has 15 heteroatoms. The molecule has 0 aliphatic carbocycles. The second-order valence-electron chi connectivity index (χ2n) is 7.35. The predicted molar refractivity (Wildman–Crippen MR) is 129 cm³/mol. The molecule has 0 fully saturated rings. The monoisotopic (exact) mass is 548 g/mol. The van der Waals surface area contributed by atoms with Crippen molar-refractivity contribution in [3.63, 3.8) is 0 Å². The fourth-order valence-corrected chi connectivity index (χ4v) is 4.26. The van der Waals surface area contributed by atoms with E-state index in [2.05, 4.69) is 9.47 Å². The highest BCUT2D eigenvalue weighted by molar-refractivity contribution is 6.59. The first-order valence-electron chi connectivity index (χ1n) is 10.8. The Morgan fingerprint density at radius 3 is 1.46 bits per heavy atom. The molecule has 0 aromatic heterocycles. The summed E-state index contributed by atoms with van der Waals surface area (Å²) in [5.74, 6) is -0.855. The van der Waals surface area contributed by atoms with Gasteiger partial charge in [0, 0.05) is 41.5 Å². The maximum Gasteiger partial charge on any atom is 0.498 e. The van der Waals surface area contributed by atoms with Gasteiger partial charge in [-0.3, -0.25) is 0 Å². The van der Waals surface area contributed by atoms with E-state index < -0.39 is 35.1 Å². The van der Waals surface area contributed by atoms with Crippen LogP contribution in [0.1, 0.15) is 13.8 Å². The Morgan fingerprint density at radius 2 is 1.06 bits per heavy atom. The number of esters is 2. The minimum atomic E-state index is -2.71. The Bertz CT molecular complexity index is 555. The fourth-order valence-electron chi connectivity index (χ4n) is 2.06. The van der Waals surface area contributed by atoms with Crippen LogP contribution in [-0.4, -0.2) is 124 Å². The lowest BCUT2D eigenvalue weighted by Crippen LogP contribution is -2.51. The topological polar surface area (TPSA) is 136 Å². The summed E-state index contributed by atoms with van der Waals surface area (Å²) in [7, 11) is 3.55. The SMILES string of the molecule is COC(=O)C(C)(C)O[Si](C)(OC)OC.COC(=O)COCCOCCOCCO[Si](C)(OC)OC. The first-order chi connectivity index (χ1) is 16.4. The molecule has 0 N–H and O–H groups in total. The molecule has 0 unspecified atom stereocenters. The van der Waals surface area contributed by atoms with Crippen molar-refractivity contribution < 1.29 is 59.8 Å². The Morgan fingerprint density at radius 1 is 0.629 bits per heavy atom. The van der Waals surface area contributed by atoms with E-state index in [9.17, 15) is 9.59 Å². The van der Waals surface area contributed by atoms with Crippen molar-refractivity contribution in [3.8, 4) is 0 Å². The normalized spacial score (nSPS) is 12.1. The molecular formula is C20H44O13Si2. The van der Waals surface area contributed by atoms with Crippen molar-refractivity contribution in [2.45, 2.75) is 32.5 Å². The summed E-state index contributed by atoms with van der Waals surface area (Å²) in [4.78, 5) is 22.0. The summed E-state index contributed by atoms with van der Waals surface area (Å²) in [5, 5.41) is 0. The van der Waals surface area contributed by atoms with Gasteiger partial charge < -0.3 is 50.2 Å². The third-order valence-corrected chi connectivity index (χ3v) is 8.96. The van der Waals surface area contributed by atoms with E-state index in [0.29, 0.717) is 39.6 Å². The molecule has 0 aromatic carbocycles. The highest BCUT2D eigenvalue weighted by Crippen LogP contribution is 2.19. The van der Waals surface area contributed by atoms with E-state index >= 15 is 0 Å². The molecule has 0 spiro atoms. The van der Waals surface area contributed by atoms with Gasteiger partial charge >= 0.3 is 29.5 Å². The van der Waals surface area contributed by atoms with Crippen LogP contribution in [0.15, 0.2) is 0 Å². The molecule has 0 atom stereocenters. The van der Waals surface area contributed by atoms with E-state index in [-0.39, 0.29) is 6.61 Å². The molecule has 210 valence electrons. The van der Waals surface area contributed by atoms with Crippen LogP contribution in [0.5, 0.6) is 0 Å². The third-order valence-electron chi connectivity index (χ3n) is 4.38. The van der Waals surface area contributed by atoms with Crippen LogP contribution >= 0.6 is 0 Å². The van der Waals surface area contributed by atoms with Crippen molar-refractivity contribution in [2.75, 3.05) is 88.9 Å². The zero-order valence-electron chi connectivity index (χ0n) is 22.8. The Hall–Kier alpha value is -0.986. The molecule has 13 nitrogen and oxygen atoms in total. The fraction of sp³-hybridized carbons (Fsp3) is 0.900. The van der Waals surface area contributed by atoms with Crippen molar-refractivity contribution in [1.82, 2.24) is 0 Å². The van der Waals surface area contributed by atoms with E-state index in [1.54, 1.807) is 34.6 Å². The molecule has 0 radical (unpaired) electrons. The van der Waals surface area contributed by atoms with Gasteiger partial charge in [0.1, 0.15) is 6.61 Å². The van der Waals surface area contributed by atoms with E-state index in [0.717, 1.165) is 0 Å². The standard InChI is InChI=1S/C12H26O8Si.C8H18O5Si/c1-14-12(13)11-19-8-7-17-5-6-18-9-10-20-21(4,15-2)16-3;1-8(2,7(9)10-3)13-14(6,11-4)12-5/h5-11H2,1-4H3;1-6H3.